The molecule has 0 saturated carbocycles. The molecule has 0 radical (unpaired) electrons. The van der Waals surface area contributed by atoms with E-state index in [0.717, 1.165) is 18.2 Å². The van der Waals surface area contributed by atoms with E-state index in [1.807, 2.05) is 0 Å². The molecule has 1 N–H and O–H groups in total. The molecule has 0 unspecified atom stereocenters. The van der Waals surface area contributed by atoms with Crippen LogP contribution in [0.3, 0.4) is 0 Å². The van der Waals surface area contributed by atoms with Crippen molar-refractivity contribution >= 4 is 11.6 Å². The summed E-state index contributed by atoms with van der Waals surface area (Å²) >= 11 is 0. The highest BCUT2D eigenvalue weighted by atomic mass is 19.2. The maximum atomic E-state index is 13.2. The van der Waals surface area contributed by atoms with Crippen LogP contribution in [-0.4, -0.2) is 10.8 Å². The number of non-ortho nitro benzene ring substituents is 1. The molecule has 5 nitrogen and oxygen atoms in total. The molecule has 2 rings (SSSR count). The lowest BCUT2D eigenvalue weighted by Crippen LogP contribution is -2.26. The molecular formula is C15H12F2N2O3. The van der Waals surface area contributed by atoms with Crippen molar-refractivity contribution in [3.63, 3.8) is 0 Å². The Morgan fingerprint density at radius 1 is 1.18 bits per heavy atom. The van der Waals surface area contributed by atoms with Crippen LogP contribution in [-0.2, 0) is 0 Å². The molecule has 0 aromatic heterocycles. The highest BCUT2D eigenvalue weighted by Gasteiger charge is 2.15. The molecule has 0 aliphatic carbocycles. The molecule has 0 aliphatic rings. The second-order valence-electron chi connectivity index (χ2n) is 4.68. The maximum absolute atomic E-state index is 13.2. The van der Waals surface area contributed by atoms with Crippen molar-refractivity contribution < 1.29 is 18.5 Å². The van der Waals surface area contributed by atoms with Crippen LogP contribution in [0.2, 0.25) is 0 Å². The number of hydrogen-bond acceptors (Lipinski definition) is 3. The average Bonchev–Trinajstić information content (AvgIpc) is 2.50. The van der Waals surface area contributed by atoms with Crippen LogP contribution in [0.5, 0.6) is 0 Å². The molecule has 114 valence electrons. The SMILES string of the molecule is C[C@H](NC(=O)c1cccc([N+](=O)[O-])c1)c1ccc(F)c(F)c1. The number of nitro benzene ring substituents is 1. The van der Waals surface area contributed by atoms with E-state index in [2.05, 4.69) is 5.32 Å². The quantitative estimate of drug-likeness (QED) is 0.695. The number of hydrogen-bond donors (Lipinski definition) is 1. The van der Waals surface area contributed by atoms with Gasteiger partial charge in [-0.15, -0.1) is 0 Å². The average molecular weight is 306 g/mol. The second kappa shape index (κ2) is 6.30. The first-order valence-electron chi connectivity index (χ1n) is 6.38. The van der Waals surface area contributed by atoms with Crippen LogP contribution >= 0.6 is 0 Å². The zero-order chi connectivity index (χ0) is 16.3. The van der Waals surface area contributed by atoms with Gasteiger partial charge in [-0.05, 0) is 30.7 Å². The van der Waals surface area contributed by atoms with E-state index in [9.17, 15) is 23.7 Å². The Morgan fingerprint density at radius 3 is 2.55 bits per heavy atom. The van der Waals surface area contributed by atoms with Crippen molar-refractivity contribution in [2.75, 3.05) is 0 Å². The van der Waals surface area contributed by atoms with Crippen LogP contribution in [0, 0.1) is 21.7 Å². The molecule has 0 aliphatic heterocycles. The van der Waals surface area contributed by atoms with Crippen LogP contribution < -0.4 is 5.32 Å². The minimum Gasteiger partial charge on any atom is -0.346 e. The van der Waals surface area contributed by atoms with Crippen LogP contribution in [0.1, 0.15) is 28.9 Å². The van der Waals surface area contributed by atoms with Gasteiger partial charge in [0.05, 0.1) is 11.0 Å². The van der Waals surface area contributed by atoms with E-state index in [4.69, 9.17) is 0 Å². The Morgan fingerprint density at radius 2 is 1.91 bits per heavy atom. The van der Waals surface area contributed by atoms with Gasteiger partial charge >= 0.3 is 0 Å². The number of carbonyl (C=O) groups is 1. The van der Waals surface area contributed by atoms with Gasteiger partial charge in [0.1, 0.15) is 0 Å². The van der Waals surface area contributed by atoms with E-state index in [-0.39, 0.29) is 11.3 Å². The van der Waals surface area contributed by atoms with Gasteiger partial charge in [0.25, 0.3) is 11.6 Å². The molecule has 1 amide bonds. The summed E-state index contributed by atoms with van der Waals surface area (Å²) in [6, 6.07) is 7.99. The zero-order valence-electron chi connectivity index (χ0n) is 11.5. The Bertz CT molecular complexity index is 734. The number of amides is 1. The molecular weight excluding hydrogens is 294 g/mol. The molecule has 0 bridgehead atoms. The lowest BCUT2D eigenvalue weighted by molar-refractivity contribution is -0.384. The molecule has 7 heteroatoms. The van der Waals surface area contributed by atoms with E-state index in [1.54, 1.807) is 6.92 Å². The first-order chi connectivity index (χ1) is 10.4. The van der Waals surface area contributed by atoms with E-state index in [0.29, 0.717) is 5.56 Å². The normalized spacial score (nSPS) is 11.8. The van der Waals surface area contributed by atoms with Crippen molar-refractivity contribution in [3.8, 4) is 0 Å². The maximum Gasteiger partial charge on any atom is 0.270 e. The van der Waals surface area contributed by atoms with Gasteiger partial charge in [0, 0.05) is 17.7 Å². The fourth-order valence-electron chi connectivity index (χ4n) is 1.91. The summed E-state index contributed by atoms with van der Waals surface area (Å²) in [6.45, 7) is 1.60. The number of benzene rings is 2. The predicted octanol–water partition coefficient (Wildman–Crippen LogP) is 3.36. The number of carbonyl (C=O) groups excluding carboxylic acids is 1. The molecule has 0 fully saturated rings. The summed E-state index contributed by atoms with van der Waals surface area (Å²) in [5, 5.41) is 13.3. The van der Waals surface area contributed by atoms with Crippen LogP contribution in [0.15, 0.2) is 42.5 Å². The van der Waals surface area contributed by atoms with Crippen molar-refractivity contribution in [1.82, 2.24) is 5.32 Å². The topological polar surface area (TPSA) is 72.2 Å². The molecule has 0 heterocycles. The fourth-order valence-corrected chi connectivity index (χ4v) is 1.91. The third-order valence-electron chi connectivity index (χ3n) is 3.11. The molecule has 22 heavy (non-hydrogen) atoms. The van der Waals surface area contributed by atoms with Gasteiger partial charge in [0.2, 0.25) is 0 Å². The van der Waals surface area contributed by atoms with Gasteiger partial charge in [-0.2, -0.15) is 0 Å². The van der Waals surface area contributed by atoms with E-state index >= 15 is 0 Å². The van der Waals surface area contributed by atoms with Crippen molar-refractivity contribution in [1.29, 1.82) is 0 Å². The molecule has 1 atom stereocenters. The van der Waals surface area contributed by atoms with E-state index < -0.39 is 28.5 Å². The monoisotopic (exact) mass is 306 g/mol. The Kier molecular flexibility index (Phi) is 4.45. The predicted molar refractivity (Wildman–Crippen MR) is 75.3 cm³/mol. The van der Waals surface area contributed by atoms with Gasteiger partial charge in [0.15, 0.2) is 11.6 Å². The minimum atomic E-state index is -1.01. The third-order valence-corrected chi connectivity index (χ3v) is 3.11. The Balaban J connectivity index is 2.15. The lowest BCUT2D eigenvalue weighted by atomic mass is 10.1. The highest BCUT2D eigenvalue weighted by Crippen LogP contribution is 2.18. The standard InChI is InChI=1S/C15H12F2N2O3/c1-9(10-5-6-13(16)14(17)8-10)18-15(20)11-3-2-4-12(7-11)19(21)22/h2-9H,1H3,(H,18,20)/t9-/m0/s1. The molecule has 2 aromatic rings. The second-order valence-corrected chi connectivity index (χ2v) is 4.68. The summed E-state index contributed by atoms with van der Waals surface area (Å²) in [5.41, 5.74) is 0.300. The first kappa shape index (κ1) is 15.6. The summed E-state index contributed by atoms with van der Waals surface area (Å²) in [6.07, 6.45) is 0. The van der Waals surface area contributed by atoms with Crippen molar-refractivity contribution in [2.45, 2.75) is 13.0 Å². The summed E-state index contributed by atoms with van der Waals surface area (Å²) in [7, 11) is 0. The Hall–Kier alpha value is -2.83. The van der Waals surface area contributed by atoms with Gasteiger partial charge in [-0.1, -0.05) is 12.1 Å². The fraction of sp³-hybridized carbons (Fsp3) is 0.133. The number of nitro groups is 1. The van der Waals surface area contributed by atoms with Gasteiger partial charge < -0.3 is 5.32 Å². The number of nitrogens with zero attached hydrogens (tertiary/aromatic N) is 1. The van der Waals surface area contributed by atoms with Gasteiger partial charge in [-0.25, -0.2) is 8.78 Å². The molecule has 0 saturated heterocycles. The van der Waals surface area contributed by atoms with Crippen molar-refractivity contribution in [2.24, 2.45) is 0 Å². The first-order valence-corrected chi connectivity index (χ1v) is 6.38. The number of halogens is 2. The summed E-state index contributed by atoms with van der Waals surface area (Å²) < 4.78 is 26.1. The zero-order valence-corrected chi connectivity index (χ0v) is 11.5. The summed E-state index contributed by atoms with van der Waals surface area (Å²) in [5.74, 6) is -2.52. The van der Waals surface area contributed by atoms with Crippen LogP contribution in [0.4, 0.5) is 14.5 Å². The third kappa shape index (κ3) is 3.43. The van der Waals surface area contributed by atoms with E-state index in [1.165, 1.54) is 24.3 Å². The smallest absolute Gasteiger partial charge is 0.270 e. The Labute approximate surface area is 124 Å². The minimum absolute atomic E-state index is 0.114. The number of rotatable bonds is 4. The summed E-state index contributed by atoms with van der Waals surface area (Å²) in [4.78, 5) is 22.1. The molecule has 0 spiro atoms. The van der Waals surface area contributed by atoms with Crippen molar-refractivity contribution in [3.05, 3.63) is 75.3 Å². The lowest BCUT2D eigenvalue weighted by Gasteiger charge is -2.14. The van der Waals surface area contributed by atoms with Gasteiger partial charge in [-0.3, -0.25) is 14.9 Å². The molecule has 2 aromatic carbocycles. The largest absolute Gasteiger partial charge is 0.346 e. The highest BCUT2D eigenvalue weighted by molar-refractivity contribution is 5.95. The van der Waals surface area contributed by atoms with Crippen LogP contribution in [0.25, 0.3) is 0 Å². The number of nitrogens with one attached hydrogen (secondary N) is 1.